The Morgan fingerprint density at radius 1 is 1.44 bits per heavy atom. The Morgan fingerprint density at radius 2 is 2.22 bits per heavy atom. The molecule has 0 amide bonds. The normalized spacial score (nSPS) is 20.1. The van der Waals surface area contributed by atoms with E-state index in [0.29, 0.717) is 6.04 Å². The van der Waals surface area contributed by atoms with Crippen LogP contribution in [0.3, 0.4) is 0 Å². The van der Waals surface area contributed by atoms with Crippen LogP contribution < -0.4 is 15.4 Å². The maximum Gasteiger partial charge on any atom is 0.125 e. The van der Waals surface area contributed by atoms with E-state index < -0.39 is 0 Å². The molecular formula is C14H23N3O. The van der Waals surface area contributed by atoms with E-state index in [1.165, 1.54) is 11.3 Å². The molecule has 1 aliphatic rings. The number of benzene rings is 1. The molecule has 100 valence electrons. The molecule has 0 aromatic heterocycles. The number of ether oxygens (including phenoxy) is 1. The Kier molecular flexibility index (Phi) is 4.09. The minimum absolute atomic E-state index is 0.322. The standard InChI is InChI=1S/C14H23N3O/c1-16(2)13-5-4-6-14(18-3)12(13)10-17-8-7-11(15)9-17/h4-6,11H,7-10,15H2,1-3H3/t11-/m1/s1. The molecule has 4 nitrogen and oxygen atoms in total. The van der Waals surface area contributed by atoms with E-state index in [1.54, 1.807) is 7.11 Å². The number of anilines is 1. The van der Waals surface area contributed by atoms with Gasteiger partial charge in [0.25, 0.3) is 0 Å². The smallest absolute Gasteiger partial charge is 0.125 e. The van der Waals surface area contributed by atoms with Gasteiger partial charge in [-0.2, -0.15) is 0 Å². The second-order valence-corrected chi connectivity index (χ2v) is 5.14. The molecule has 0 radical (unpaired) electrons. The van der Waals surface area contributed by atoms with Gasteiger partial charge in [-0.3, -0.25) is 4.90 Å². The number of nitrogens with two attached hydrogens (primary N) is 1. The van der Waals surface area contributed by atoms with Crippen LogP contribution in [-0.4, -0.2) is 45.2 Å². The van der Waals surface area contributed by atoms with Crippen LogP contribution in [0.2, 0.25) is 0 Å². The van der Waals surface area contributed by atoms with Gasteiger partial charge in [-0.25, -0.2) is 0 Å². The fraction of sp³-hybridized carbons (Fsp3) is 0.571. The number of methoxy groups -OCH3 is 1. The van der Waals surface area contributed by atoms with Crippen LogP contribution in [0, 0.1) is 0 Å². The third-order valence-electron chi connectivity index (χ3n) is 3.50. The van der Waals surface area contributed by atoms with Crippen molar-refractivity contribution in [2.45, 2.75) is 19.0 Å². The Balaban J connectivity index is 2.23. The van der Waals surface area contributed by atoms with Gasteiger partial charge in [0.1, 0.15) is 5.75 Å². The molecule has 18 heavy (non-hydrogen) atoms. The average Bonchev–Trinajstić information content (AvgIpc) is 2.75. The van der Waals surface area contributed by atoms with Gasteiger partial charge in [0.2, 0.25) is 0 Å². The number of rotatable bonds is 4. The molecule has 1 saturated heterocycles. The molecule has 0 unspecified atom stereocenters. The first-order valence-electron chi connectivity index (χ1n) is 6.43. The molecule has 0 bridgehead atoms. The number of nitrogens with zero attached hydrogens (tertiary/aromatic N) is 2. The number of likely N-dealkylation sites (tertiary alicyclic amines) is 1. The summed E-state index contributed by atoms with van der Waals surface area (Å²) in [6.45, 7) is 2.96. The highest BCUT2D eigenvalue weighted by Gasteiger charge is 2.21. The first kappa shape index (κ1) is 13.2. The van der Waals surface area contributed by atoms with Crippen LogP contribution in [0.4, 0.5) is 5.69 Å². The molecule has 1 aromatic carbocycles. The Morgan fingerprint density at radius 3 is 2.78 bits per heavy atom. The van der Waals surface area contributed by atoms with Gasteiger partial charge in [-0.15, -0.1) is 0 Å². The molecule has 1 fully saturated rings. The van der Waals surface area contributed by atoms with Crippen LogP contribution in [0.1, 0.15) is 12.0 Å². The lowest BCUT2D eigenvalue weighted by atomic mass is 10.1. The van der Waals surface area contributed by atoms with Crippen LogP contribution in [0.5, 0.6) is 5.75 Å². The average molecular weight is 249 g/mol. The van der Waals surface area contributed by atoms with Crippen molar-refractivity contribution in [2.24, 2.45) is 5.73 Å². The summed E-state index contributed by atoms with van der Waals surface area (Å²) >= 11 is 0. The highest BCUT2D eigenvalue weighted by atomic mass is 16.5. The van der Waals surface area contributed by atoms with Gasteiger partial charge in [0, 0.05) is 51.0 Å². The first-order chi connectivity index (χ1) is 8.61. The third-order valence-corrected chi connectivity index (χ3v) is 3.50. The Labute approximate surface area is 109 Å². The van der Waals surface area contributed by atoms with E-state index in [0.717, 1.165) is 31.8 Å². The van der Waals surface area contributed by atoms with Gasteiger partial charge in [0.15, 0.2) is 0 Å². The van der Waals surface area contributed by atoms with Crippen molar-refractivity contribution in [1.29, 1.82) is 0 Å². The summed E-state index contributed by atoms with van der Waals surface area (Å²) in [5.41, 5.74) is 8.43. The van der Waals surface area contributed by atoms with E-state index in [9.17, 15) is 0 Å². The molecule has 0 spiro atoms. The molecule has 4 heteroatoms. The zero-order chi connectivity index (χ0) is 13.1. The summed E-state index contributed by atoms with van der Waals surface area (Å²) < 4.78 is 5.49. The van der Waals surface area contributed by atoms with Crippen molar-refractivity contribution in [2.75, 3.05) is 39.2 Å². The van der Waals surface area contributed by atoms with Crippen LogP contribution in [0.15, 0.2) is 18.2 Å². The molecule has 1 aromatic rings. The van der Waals surface area contributed by atoms with Crippen molar-refractivity contribution >= 4 is 5.69 Å². The second kappa shape index (κ2) is 5.59. The Bertz CT molecular complexity index is 406. The maximum atomic E-state index is 5.96. The van der Waals surface area contributed by atoms with Crippen molar-refractivity contribution in [1.82, 2.24) is 4.90 Å². The molecular weight excluding hydrogens is 226 g/mol. The summed E-state index contributed by atoms with van der Waals surface area (Å²) in [7, 11) is 5.86. The monoisotopic (exact) mass is 249 g/mol. The van der Waals surface area contributed by atoms with Gasteiger partial charge >= 0.3 is 0 Å². The maximum absolute atomic E-state index is 5.96. The lowest BCUT2D eigenvalue weighted by molar-refractivity contribution is 0.317. The molecule has 0 saturated carbocycles. The summed E-state index contributed by atoms with van der Waals surface area (Å²) in [6, 6.07) is 6.52. The van der Waals surface area contributed by atoms with Gasteiger partial charge in [-0.05, 0) is 18.6 Å². The minimum Gasteiger partial charge on any atom is -0.496 e. The third kappa shape index (κ3) is 2.76. The Hall–Kier alpha value is -1.26. The first-order valence-corrected chi connectivity index (χ1v) is 6.43. The zero-order valence-corrected chi connectivity index (χ0v) is 11.5. The summed E-state index contributed by atoms with van der Waals surface area (Å²) in [5.74, 6) is 0.960. The predicted molar refractivity (Wildman–Crippen MR) is 75.2 cm³/mol. The van der Waals surface area contributed by atoms with E-state index in [1.807, 2.05) is 12.1 Å². The highest BCUT2D eigenvalue weighted by molar-refractivity contribution is 5.58. The van der Waals surface area contributed by atoms with Gasteiger partial charge in [0.05, 0.1) is 7.11 Å². The lowest BCUT2D eigenvalue weighted by Crippen LogP contribution is -2.27. The van der Waals surface area contributed by atoms with E-state index >= 15 is 0 Å². The molecule has 1 aliphatic heterocycles. The van der Waals surface area contributed by atoms with Crippen LogP contribution in [-0.2, 0) is 6.54 Å². The highest BCUT2D eigenvalue weighted by Crippen LogP contribution is 2.30. The molecule has 1 heterocycles. The zero-order valence-electron chi connectivity index (χ0n) is 11.5. The van der Waals surface area contributed by atoms with Crippen molar-refractivity contribution in [3.05, 3.63) is 23.8 Å². The summed E-state index contributed by atoms with van der Waals surface area (Å²) in [4.78, 5) is 4.53. The van der Waals surface area contributed by atoms with Gasteiger partial charge in [-0.1, -0.05) is 6.07 Å². The predicted octanol–water partition coefficient (Wildman–Crippen LogP) is 1.29. The minimum atomic E-state index is 0.322. The fourth-order valence-corrected chi connectivity index (χ4v) is 2.55. The second-order valence-electron chi connectivity index (χ2n) is 5.14. The van der Waals surface area contributed by atoms with Gasteiger partial charge < -0.3 is 15.4 Å². The quantitative estimate of drug-likeness (QED) is 0.873. The molecule has 2 N–H and O–H groups in total. The van der Waals surface area contributed by atoms with E-state index in [2.05, 4.69) is 30.0 Å². The topological polar surface area (TPSA) is 41.7 Å². The van der Waals surface area contributed by atoms with Crippen LogP contribution >= 0.6 is 0 Å². The molecule has 2 rings (SSSR count). The molecule has 1 atom stereocenters. The largest absolute Gasteiger partial charge is 0.496 e. The number of hydrogen-bond donors (Lipinski definition) is 1. The lowest BCUT2D eigenvalue weighted by Gasteiger charge is -2.23. The van der Waals surface area contributed by atoms with Crippen molar-refractivity contribution < 1.29 is 4.74 Å². The summed E-state index contributed by atoms with van der Waals surface area (Å²) in [5, 5.41) is 0. The van der Waals surface area contributed by atoms with E-state index in [4.69, 9.17) is 10.5 Å². The van der Waals surface area contributed by atoms with Crippen molar-refractivity contribution in [3.63, 3.8) is 0 Å². The molecule has 0 aliphatic carbocycles. The van der Waals surface area contributed by atoms with Crippen molar-refractivity contribution in [3.8, 4) is 5.75 Å². The SMILES string of the molecule is COc1cccc(N(C)C)c1CN1CC[C@@H](N)C1. The summed E-state index contributed by atoms with van der Waals surface area (Å²) in [6.07, 6.45) is 1.09. The van der Waals surface area contributed by atoms with Crippen LogP contribution in [0.25, 0.3) is 0 Å². The number of hydrogen-bond acceptors (Lipinski definition) is 4. The fourth-order valence-electron chi connectivity index (χ4n) is 2.55. The van der Waals surface area contributed by atoms with E-state index in [-0.39, 0.29) is 0 Å².